The highest BCUT2D eigenvalue weighted by atomic mass is 19.1. The maximum Gasteiger partial charge on any atom is 0.123 e. The van der Waals surface area contributed by atoms with Crippen LogP contribution >= 0.6 is 0 Å². The molecule has 5 heteroatoms. The second-order valence-electron chi connectivity index (χ2n) is 5.28. The Bertz CT molecular complexity index is 806. The van der Waals surface area contributed by atoms with E-state index in [-0.39, 0.29) is 12.4 Å². The van der Waals surface area contributed by atoms with Crippen LogP contribution in [0.2, 0.25) is 0 Å². The van der Waals surface area contributed by atoms with Gasteiger partial charge in [-0.25, -0.2) is 9.07 Å². The quantitative estimate of drug-likeness (QED) is 0.807. The van der Waals surface area contributed by atoms with Crippen molar-refractivity contribution >= 4 is 0 Å². The van der Waals surface area contributed by atoms with Gasteiger partial charge in [0.1, 0.15) is 11.5 Å². The van der Waals surface area contributed by atoms with Gasteiger partial charge in [0.05, 0.1) is 11.4 Å². The van der Waals surface area contributed by atoms with Crippen molar-refractivity contribution in [2.45, 2.75) is 20.4 Å². The summed E-state index contributed by atoms with van der Waals surface area (Å²) in [7, 11) is 0. The lowest BCUT2D eigenvalue weighted by molar-refractivity contribution is 0.628. The molecule has 0 fully saturated rings. The number of nitrogens with two attached hydrogens (primary N) is 1. The highest BCUT2D eigenvalue weighted by molar-refractivity contribution is 5.64. The zero-order chi connectivity index (χ0) is 15.7. The first-order chi connectivity index (χ1) is 10.6. The van der Waals surface area contributed by atoms with Gasteiger partial charge in [-0.2, -0.15) is 0 Å². The van der Waals surface area contributed by atoms with Crippen molar-refractivity contribution in [2.24, 2.45) is 5.73 Å². The molecule has 2 aromatic carbocycles. The molecule has 22 heavy (non-hydrogen) atoms. The average molecular weight is 296 g/mol. The SMILES string of the molecule is Cc1ccc(-n2nnc(CN)c2-c2ccc(F)cc2)cc1C. The molecule has 0 saturated carbocycles. The van der Waals surface area contributed by atoms with E-state index in [9.17, 15) is 4.39 Å². The van der Waals surface area contributed by atoms with Crippen molar-refractivity contribution in [3.05, 3.63) is 65.1 Å². The lowest BCUT2D eigenvalue weighted by atomic mass is 10.1. The minimum atomic E-state index is -0.275. The monoisotopic (exact) mass is 296 g/mol. The molecule has 0 radical (unpaired) electrons. The molecule has 1 heterocycles. The van der Waals surface area contributed by atoms with Gasteiger partial charge < -0.3 is 5.73 Å². The Labute approximate surface area is 128 Å². The van der Waals surface area contributed by atoms with Crippen LogP contribution in [0.1, 0.15) is 16.8 Å². The Balaban J connectivity index is 2.18. The summed E-state index contributed by atoms with van der Waals surface area (Å²) in [5.74, 6) is -0.275. The fraction of sp³-hybridized carbons (Fsp3) is 0.176. The molecule has 0 bridgehead atoms. The number of nitrogens with zero attached hydrogens (tertiary/aromatic N) is 3. The average Bonchev–Trinajstić information content (AvgIpc) is 2.95. The third-order valence-corrected chi connectivity index (χ3v) is 3.79. The van der Waals surface area contributed by atoms with E-state index in [2.05, 4.69) is 30.2 Å². The van der Waals surface area contributed by atoms with Gasteiger partial charge in [-0.1, -0.05) is 11.3 Å². The first-order valence-electron chi connectivity index (χ1n) is 7.08. The van der Waals surface area contributed by atoms with Crippen LogP contribution in [0.3, 0.4) is 0 Å². The van der Waals surface area contributed by atoms with Crippen molar-refractivity contribution < 1.29 is 4.39 Å². The fourth-order valence-corrected chi connectivity index (χ4v) is 2.39. The van der Waals surface area contributed by atoms with Crippen LogP contribution in [0.5, 0.6) is 0 Å². The summed E-state index contributed by atoms with van der Waals surface area (Å²) in [6.07, 6.45) is 0. The minimum absolute atomic E-state index is 0.275. The second-order valence-corrected chi connectivity index (χ2v) is 5.28. The summed E-state index contributed by atoms with van der Waals surface area (Å²) in [4.78, 5) is 0. The number of halogens is 1. The van der Waals surface area contributed by atoms with Crippen LogP contribution in [0.15, 0.2) is 42.5 Å². The van der Waals surface area contributed by atoms with Gasteiger partial charge in [-0.15, -0.1) is 5.10 Å². The summed E-state index contributed by atoms with van der Waals surface area (Å²) in [5.41, 5.74) is 11.4. The first kappa shape index (κ1) is 14.4. The molecule has 0 atom stereocenters. The van der Waals surface area contributed by atoms with Gasteiger partial charge in [-0.3, -0.25) is 0 Å². The zero-order valence-corrected chi connectivity index (χ0v) is 12.5. The van der Waals surface area contributed by atoms with Gasteiger partial charge in [0, 0.05) is 12.1 Å². The second kappa shape index (κ2) is 5.69. The van der Waals surface area contributed by atoms with E-state index >= 15 is 0 Å². The van der Waals surface area contributed by atoms with Crippen LogP contribution in [-0.2, 0) is 6.54 Å². The van der Waals surface area contributed by atoms with E-state index < -0.39 is 0 Å². The van der Waals surface area contributed by atoms with E-state index in [0.29, 0.717) is 5.69 Å². The van der Waals surface area contributed by atoms with E-state index in [0.717, 1.165) is 16.9 Å². The standard InChI is InChI=1S/C17H17FN4/c1-11-3-8-15(9-12(11)2)22-17(16(10-19)20-21-22)13-4-6-14(18)7-5-13/h3-9H,10,19H2,1-2H3. The molecule has 0 saturated heterocycles. The normalized spacial score (nSPS) is 10.9. The highest BCUT2D eigenvalue weighted by Gasteiger charge is 2.15. The Morgan fingerprint density at radius 3 is 2.41 bits per heavy atom. The van der Waals surface area contributed by atoms with Gasteiger partial charge in [0.2, 0.25) is 0 Å². The Kier molecular flexibility index (Phi) is 3.73. The molecule has 0 spiro atoms. The fourth-order valence-electron chi connectivity index (χ4n) is 2.39. The first-order valence-corrected chi connectivity index (χ1v) is 7.08. The molecule has 0 unspecified atom stereocenters. The third-order valence-electron chi connectivity index (χ3n) is 3.79. The van der Waals surface area contributed by atoms with Crippen LogP contribution in [0.25, 0.3) is 16.9 Å². The molecule has 2 N–H and O–H groups in total. The Hall–Kier alpha value is -2.53. The lowest BCUT2D eigenvalue weighted by Gasteiger charge is -2.10. The van der Waals surface area contributed by atoms with E-state index in [1.807, 2.05) is 12.1 Å². The number of rotatable bonds is 3. The van der Waals surface area contributed by atoms with Crippen molar-refractivity contribution in [3.8, 4) is 16.9 Å². The van der Waals surface area contributed by atoms with Crippen LogP contribution in [0.4, 0.5) is 4.39 Å². The molecular formula is C17H17FN4. The number of benzene rings is 2. The number of hydrogen-bond acceptors (Lipinski definition) is 3. The predicted molar refractivity (Wildman–Crippen MR) is 84.1 cm³/mol. The lowest BCUT2D eigenvalue weighted by Crippen LogP contribution is -2.03. The Morgan fingerprint density at radius 2 is 1.77 bits per heavy atom. The Morgan fingerprint density at radius 1 is 1.05 bits per heavy atom. The van der Waals surface area contributed by atoms with Crippen LogP contribution in [-0.4, -0.2) is 15.0 Å². The largest absolute Gasteiger partial charge is 0.325 e. The molecular weight excluding hydrogens is 279 g/mol. The van der Waals surface area contributed by atoms with Crippen molar-refractivity contribution in [1.29, 1.82) is 0 Å². The molecule has 0 amide bonds. The summed E-state index contributed by atoms with van der Waals surface area (Å²) in [6.45, 7) is 4.39. The van der Waals surface area contributed by atoms with Crippen molar-refractivity contribution in [2.75, 3.05) is 0 Å². The number of hydrogen-bond donors (Lipinski definition) is 1. The van der Waals surface area contributed by atoms with Crippen molar-refractivity contribution in [1.82, 2.24) is 15.0 Å². The van der Waals surface area contributed by atoms with Gasteiger partial charge >= 0.3 is 0 Å². The van der Waals surface area contributed by atoms with Gasteiger partial charge in [0.25, 0.3) is 0 Å². The molecule has 1 aromatic heterocycles. The molecule has 0 aliphatic rings. The molecule has 112 valence electrons. The summed E-state index contributed by atoms with van der Waals surface area (Å²) in [6, 6.07) is 12.4. The molecule has 3 aromatic rings. The summed E-state index contributed by atoms with van der Waals surface area (Å²) in [5, 5.41) is 8.38. The smallest absolute Gasteiger partial charge is 0.123 e. The van der Waals surface area contributed by atoms with E-state index in [1.165, 1.54) is 23.3 Å². The summed E-state index contributed by atoms with van der Waals surface area (Å²) >= 11 is 0. The highest BCUT2D eigenvalue weighted by Crippen LogP contribution is 2.26. The third kappa shape index (κ3) is 2.51. The predicted octanol–water partition coefficient (Wildman–Crippen LogP) is 3.15. The maximum absolute atomic E-state index is 13.2. The topological polar surface area (TPSA) is 56.7 Å². The number of aryl methyl sites for hydroxylation is 2. The van der Waals surface area contributed by atoms with Crippen LogP contribution < -0.4 is 5.73 Å². The van der Waals surface area contributed by atoms with Crippen molar-refractivity contribution in [3.63, 3.8) is 0 Å². The van der Waals surface area contributed by atoms with E-state index in [4.69, 9.17) is 5.73 Å². The van der Waals surface area contributed by atoms with Gasteiger partial charge in [-0.05, 0) is 61.4 Å². The minimum Gasteiger partial charge on any atom is -0.325 e. The van der Waals surface area contributed by atoms with Gasteiger partial charge in [0.15, 0.2) is 0 Å². The van der Waals surface area contributed by atoms with Crippen LogP contribution in [0, 0.1) is 19.7 Å². The molecule has 3 rings (SSSR count). The molecule has 0 aliphatic carbocycles. The summed E-state index contributed by atoms with van der Waals surface area (Å²) < 4.78 is 14.9. The maximum atomic E-state index is 13.2. The van der Waals surface area contributed by atoms with E-state index in [1.54, 1.807) is 16.8 Å². The zero-order valence-electron chi connectivity index (χ0n) is 12.5. The molecule has 0 aliphatic heterocycles. The molecule has 4 nitrogen and oxygen atoms in total. The number of aromatic nitrogens is 3.